The number of benzene rings is 1. The molecule has 2 aromatic rings. The molecule has 1 saturated heterocycles. The lowest BCUT2D eigenvalue weighted by Crippen LogP contribution is -2.45. The highest BCUT2D eigenvalue weighted by molar-refractivity contribution is 5.85. The molecule has 2 heterocycles. The zero-order chi connectivity index (χ0) is 16.3. The average molecular weight is 388 g/mol. The molecule has 0 radical (unpaired) electrons. The summed E-state index contributed by atoms with van der Waals surface area (Å²) in [5, 5.41) is 3.98. The van der Waals surface area contributed by atoms with E-state index >= 15 is 0 Å². The Morgan fingerprint density at radius 3 is 2.08 bits per heavy atom. The predicted molar refractivity (Wildman–Crippen MR) is 103 cm³/mol. The van der Waals surface area contributed by atoms with E-state index in [0.29, 0.717) is 18.3 Å². The molecule has 0 atom stereocenters. The van der Waals surface area contributed by atoms with Gasteiger partial charge in [-0.1, -0.05) is 35.5 Å². The van der Waals surface area contributed by atoms with Crippen molar-refractivity contribution in [1.82, 2.24) is 19.9 Å². The molecule has 2 N–H and O–H groups in total. The summed E-state index contributed by atoms with van der Waals surface area (Å²) in [5.74, 6) is 1.21. The third-order valence-corrected chi connectivity index (χ3v) is 4.12. The van der Waals surface area contributed by atoms with Crippen molar-refractivity contribution in [2.45, 2.75) is 32.5 Å². The fourth-order valence-electron chi connectivity index (χ4n) is 2.72. The molecule has 0 saturated carbocycles. The van der Waals surface area contributed by atoms with Gasteiger partial charge in [0.1, 0.15) is 0 Å². The van der Waals surface area contributed by atoms with E-state index in [2.05, 4.69) is 50.3 Å². The molecular weight excluding hydrogens is 361 g/mol. The average Bonchev–Trinajstić information content (AvgIpc) is 2.99. The maximum atomic E-state index is 5.99. The van der Waals surface area contributed by atoms with Crippen LogP contribution in [0.15, 0.2) is 34.9 Å². The van der Waals surface area contributed by atoms with Gasteiger partial charge in [-0.15, -0.1) is 24.8 Å². The molecule has 8 heteroatoms. The van der Waals surface area contributed by atoms with Crippen LogP contribution >= 0.6 is 24.8 Å². The molecule has 0 aliphatic carbocycles. The highest BCUT2D eigenvalue weighted by Gasteiger charge is 2.23. The molecule has 0 unspecified atom stereocenters. The van der Waals surface area contributed by atoms with Crippen LogP contribution in [-0.4, -0.2) is 46.1 Å². The molecule has 0 amide bonds. The summed E-state index contributed by atoms with van der Waals surface area (Å²) in [7, 11) is 0. The zero-order valence-electron chi connectivity index (χ0n) is 14.7. The van der Waals surface area contributed by atoms with E-state index in [4.69, 9.17) is 10.3 Å². The van der Waals surface area contributed by atoms with Crippen LogP contribution in [0.5, 0.6) is 0 Å². The molecule has 0 spiro atoms. The molecule has 1 aromatic heterocycles. The number of nitrogens with two attached hydrogens (primary N) is 1. The van der Waals surface area contributed by atoms with Crippen molar-refractivity contribution in [3.63, 3.8) is 0 Å². The minimum absolute atomic E-state index is 0. The second-order valence-corrected chi connectivity index (χ2v) is 6.77. The summed E-state index contributed by atoms with van der Waals surface area (Å²) in [6, 6.07) is 10.6. The highest BCUT2D eigenvalue weighted by atomic mass is 35.5. The van der Waals surface area contributed by atoms with Gasteiger partial charge in [0.2, 0.25) is 5.89 Å². The van der Waals surface area contributed by atoms with Crippen LogP contribution in [0, 0.1) is 0 Å². The number of piperazine rings is 1. The van der Waals surface area contributed by atoms with Crippen molar-refractivity contribution in [2.75, 3.05) is 26.2 Å². The van der Waals surface area contributed by atoms with Crippen molar-refractivity contribution in [1.29, 1.82) is 0 Å². The SMILES string of the molecule is CC(C)(N)c1noc(CN2CCN(Cc3ccccc3)CC2)n1.Cl.Cl. The molecule has 25 heavy (non-hydrogen) atoms. The number of nitrogens with zero attached hydrogens (tertiary/aromatic N) is 4. The largest absolute Gasteiger partial charge is 0.338 e. The van der Waals surface area contributed by atoms with Crippen molar-refractivity contribution in [3.05, 3.63) is 47.6 Å². The maximum Gasteiger partial charge on any atom is 0.240 e. The third-order valence-electron chi connectivity index (χ3n) is 4.12. The summed E-state index contributed by atoms with van der Waals surface area (Å²) in [5.41, 5.74) is 6.80. The Morgan fingerprint density at radius 2 is 1.56 bits per heavy atom. The second-order valence-electron chi connectivity index (χ2n) is 6.77. The topological polar surface area (TPSA) is 71.4 Å². The first-order valence-corrected chi connectivity index (χ1v) is 8.11. The van der Waals surface area contributed by atoms with Crippen molar-refractivity contribution < 1.29 is 4.52 Å². The summed E-state index contributed by atoms with van der Waals surface area (Å²) >= 11 is 0. The summed E-state index contributed by atoms with van der Waals surface area (Å²) < 4.78 is 5.32. The van der Waals surface area contributed by atoms with Crippen molar-refractivity contribution in [2.24, 2.45) is 5.73 Å². The van der Waals surface area contributed by atoms with Crippen LogP contribution in [0.1, 0.15) is 31.1 Å². The number of aromatic nitrogens is 2. The van der Waals surface area contributed by atoms with Gasteiger partial charge in [0.25, 0.3) is 0 Å². The Hall–Kier alpha value is -1.18. The zero-order valence-corrected chi connectivity index (χ0v) is 16.4. The lowest BCUT2D eigenvalue weighted by atomic mass is 10.1. The van der Waals surface area contributed by atoms with Crippen LogP contribution in [0.4, 0.5) is 0 Å². The van der Waals surface area contributed by atoms with Gasteiger partial charge in [0.05, 0.1) is 12.1 Å². The first-order valence-electron chi connectivity index (χ1n) is 8.11. The lowest BCUT2D eigenvalue weighted by Gasteiger charge is -2.33. The fourth-order valence-corrected chi connectivity index (χ4v) is 2.72. The molecule has 1 aliphatic rings. The van der Waals surface area contributed by atoms with E-state index in [9.17, 15) is 0 Å². The molecule has 3 rings (SSSR count). The monoisotopic (exact) mass is 387 g/mol. The minimum Gasteiger partial charge on any atom is -0.338 e. The summed E-state index contributed by atoms with van der Waals surface area (Å²) in [6.07, 6.45) is 0. The van der Waals surface area contributed by atoms with Crippen LogP contribution < -0.4 is 5.73 Å². The number of halogens is 2. The summed E-state index contributed by atoms with van der Waals surface area (Å²) in [4.78, 5) is 9.23. The minimum atomic E-state index is -0.559. The Balaban J connectivity index is 0.00000156. The van der Waals surface area contributed by atoms with Gasteiger partial charge < -0.3 is 10.3 Å². The van der Waals surface area contributed by atoms with Crippen LogP contribution in [0.3, 0.4) is 0 Å². The lowest BCUT2D eigenvalue weighted by molar-refractivity contribution is 0.112. The standard InChI is InChI=1S/C17H25N5O.2ClH/c1-17(2,18)16-19-15(23-20-16)13-22-10-8-21(9-11-22)12-14-6-4-3-5-7-14;;/h3-7H,8-13,18H2,1-2H3;2*1H. The van der Waals surface area contributed by atoms with Gasteiger partial charge in [-0.25, -0.2) is 0 Å². The smallest absolute Gasteiger partial charge is 0.240 e. The van der Waals surface area contributed by atoms with Crippen LogP contribution in [0.2, 0.25) is 0 Å². The van der Waals surface area contributed by atoms with E-state index in [1.165, 1.54) is 5.56 Å². The molecule has 1 aliphatic heterocycles. The van der Waals surface area contributed by atoms with Gasteiger partial charge in [-0.3, -0.25) is 9.80 Å². The first kappa shape index (κ1) is 21.9. The Bertz CT molecular complexity index is 621. The van der Waals surface area contributed by atoms with E-state index in [1.54, 1.807) is 0 Å². The Kier molecular flexibility index (Phi) is 8.31. The van der Waals surface area contributed by atoms with Gasteiger partial charge in [-0.05, 0) is 19.4 Å². The number of rotatable bonds is 5. The van der Waals surface area contributed by atoms with Crippen molar-refractivity contribution >= 4 is 24.8 Å². The maximum absolute atomic E-state index is 5.99. The first-order chi connectivity index (χ1) is 11.0. The molecule has 0 bridgehead atoms. The normalized spacial score (nSPS) is 16.1. The fraction of sp³-hybridized carbons (Fsp3) is 0.529. The predicted octanol–water partition coefficient (Wildman–Crippen LogP) is 2.42. The molecule has 140 valence electrons. The Labute approximate surface area is 161 Å². The van der Waals surface area contributed by atoms with Crippen LogP contribution in [-0.2, 0) is 18.6 Å². The molecule has 1 aromatic carbocycles. The van der Waals surface area contributed by atoms with Crippen molar-refractivity contribution in [3.8, 4) is 0 Å². The Morgan fingerprint density at radius 1 is 1.00 bits per heavy atom. The van der Waals surface area contributed by atoms with E-state index in [0.717, 1.165) is 32.7 Å². The third kappa shape index (κ3) is 6.24. The van der Waals surface area contributed by atoms with Gasteiger partial charge >= 0.3 is 0 Å². The van der Waals surface area contributed by atoms with E-state index < -0.39 is 5.54 Å². The number of hydrogen-bond donors (Lipinski definition) is 1. The quantitative estimate of drug-likeness (QED) is 0.848. The van der Waals surface area contributed by atoms with E-state index in [1.807, 2.05) is 13.8 Å². The summed E-state index contributed by atoms with van der Waals surface area (Å²) in [6.45, 7) is 9.60. The molecular formula is C17H27Cl2N5O. The van der Waals surface area contributed by atoms with Gasteiger partial charge in [0.15, 0.2) is 5.82 Å². The molecule has 6 nitrogen and oxygen atoms in total. The van der Waals surface area contributed by atoms with E-state index in [-0.39, 0.29) is 24.8 Å². The second kappa shape index (κ2) is 9.50. The number of hydrogen-bond acceptors (Lipinski definition) is 6. The highest BCUT2D eigenvalue weighted by Crippen LogP contribution is 2.15. The van der Waals surface area contributed by atoms with Crippen LogP contribution in [0.25, 0.3) is 0 Å². The molecule has 1 fully saturated rings. The van der Waals surface area contributed by atoms with Gasteiger partial charge in [0, 0.05) is 32.7 Å². The van der Waals surface area contributed by atoms with Gasteiger partial charge in [-0.2, -0.15) is 4.98 Å².